The third-order valence-corrected chi connectivity index (χ3v) is 2.82. The van der Waals surface area contributed by atoms with Gasteiger partial charge < -0.3 is 10.6 Å². The van der Waals surface area contributed by atoms with Crippen LogP contribution in [0.4, 0.5) is 5.69 Å². The van der Waals surface area contributed by atoms with Crippen LogP contribution in [0, 0.1) is 0 Å². The molecular weight excluding hydrogens is 264 g/mol. The summed E-state index contributed by atoms with van der Waals surface area (Å²) in [5, 5.41) is 5.54. The van der Waals surface area contributed by atoms with E-state index in [1.807, 2.05) is 24.3 Å². The first kappa shape index (κ1) is 15.5. The van der Waals surface area contributed by atoms with Crippen molar-refractivity contribution in [3.8, 4) is 0 Å². The Morgan fingerprint density at radius 2 is 1.84 bits per heavy atom. The highest BCUT2D eigenvalue weighted by Crippen LogP contribution is 2.09. The van der Waals surface area contributed by atoms with Gasteiger partial charge in [-0.25, -0.2) is 0 Å². The molecule has 0 aromatic heterocycles. The summed E-state index contributed by atoms with van der Waals surface area (Å²) in [7, 11) is 0. The van der Waals surface area contributed by atoms with E-state index in [0.29, 0.717) is 18.8 Å². The van der Waals surface area contributed by atoms with Crippen molar-refractivity contribution < 1.29 is 9.59 Å². The maximum Gasteiger partial charge on any atom is 0.221 e. The molecule has 0 aliphatic carbocycles. The molecule has 0 heterocycles. The molecule has 0 aliphatic rings. The molecule has 0 aliphatic heterocycles. The predicted molar refractivity (Wildman–Crippen MR) is 77.2 cm³/mol. The normalized spacial score (nSPS) is 10.0. The number of anilines is 1. The average Bonchev–Trinajstić information content (AvgIpc) is 2.37. The Morgan fingerprint density at radius 1 is 1.16 bits per heavy atom. The molecule has 0 saturated carbocycles. The van der Waals surface area contributed by atoms with Gasteiger partial charge >= 0.3 is 0 Å². The molecule has 0 atom stereocenters. The average molecular weight is 283 g/mol. The lowest BCUT2D eigenvalue weighted by molar-refractivity contribution is -0.121. The van der Waals surface area contributed by atoms with E-state index in [0.717, 1.165) is 24.1 Å². The number of hydrogen-bond acceptors (Lipinski definition) is 2. The van der Waals surface area contributed by atoms with Crippen molar-refractivity contribution in [2.24, 2.45) is 0 Å². The van der Waals surface area contributed by atoms with Gasteiger partial charge in [0.15, 0.2) is 0 Å². The molecular formula is C14H19ClN2O2. The predicted octanol–water partition coefficient (Wildman–Crippen LogP) is 2.67. The molecule has 0 fully saturated rings. The van der Waals surface area contributed by atoms with Crippen LogP contribution in [-0.2, 0) is 16.1 Å². The lowest BCUT2D eigenvalue weighted by Gasteiger charge is -2.06. The maximum atomic E-state index is 11.5. The van der Waals surface area contributed by atoms with Crippen LogP contribution in [0.15, 0.2) is 24.3 Å². The Hall–Kier alpha value is -1.55. The van der Waals surface area contributed by atoms with Crippen LogP contribution in [0.1, 0.15) is 31.7 Å². The van der Waals surface area contributed by atoms with Gasteiger partial charge in [0.2, 0.25) is 11.8 Å². The Morgan fingerprint density at radius 3 is 2.42 bits per heavy atom. The second kappa shape index (κ2) is 8.53. The van der Waals surface area contributed by atoms with E-state index in [9.17, 15) is 9.59 Å². The molecule has 19 heavy (non-hydrogen) atoms. The van der Waals surface area contributed by atoms with E-state index in [2.05, 4.69) is 10.6 Å². The van der Waals surface area contributed by atoms with E-state index in [-0.39, 0.29) is 11.8 Å². The third-order valence-electron chi connectivity index (χ3n) is 2.55. The SMILES string of the molecule is CC(=O)Nc1ccc(CNC(=O)CCCCCl)cc1. The number of carbonyl (C=O) groups is 2. The third kappa shape index (κ3) is 6.82. The monoisotopic (exact) mass is 282 g/mol. The Kier molecular flexibility index (Phi) is 6.97. The second-order valence-electron chi connectivity index (χ2n) is 4.30. The number of amides is 2. The summed E-state index contributed by atoms with van der Waals surface area (Å²) in [6.45, 7) is 1.97. The number of alkyl halides is 1. The summed E-state index contributed by atoms with van der Waals surface area (Å²) >= 11 is 5.55. The Bertz CT molecular complexity index is 418. The van der Waals surface area contributed by atoms with Crippen LogP contribution in [-0.4, -0.2) is 17.7 Å². The molecule has 4 nitrogen and oxygen atoms in total. The van der Waals surface area contributed by atoms with Gasteiger partial charge in [-0.15, -0.1) is 11.6 Å². The van der Waals surface area contributed by atoms with Gasteiger partial charge in [-0.3, -0.25) is 9.59 Å². The first-order valence-corrected chi connectivity index (χ1v) is 6.84. The molecule has 104 valence electrons. The molecule has 1 rings (SSSR count). The van der Waals surface area contributed by atoms with Gasteiger partial charge in [-0.05, 0) is 30.5 Å². The molecule has 5 heteroatoms. The van der Waals surface area contributed by atoms with Crippen molar-refractivity contribution in [3.05, 3.63) is 29.8 Å². The van der Waals surface area contributed by atoms with Gasteiger partial charge in [0, 0.05) is 31.5 Å². The summed E-state index contributed by atoms with van der Waals surface area (Å²) in [4.78, 5) is 22.4. The highest BCUT2D eigenvalue weighted by molar-refractivity contribution is 6.17. The maximum absolute atomic E-state index is 11.5. The second-order valence-corrected chi connectivity index (χ2v) is 4.68. The van der Waals surface area contributed by atoms with E-state index in [4.69, 9.17) is 11.6 Å². The van der Waals surface area contributed by atoms with Gasteiger partial charge in [0.05, 0.1) is 0 Å². The van der Waals surface area contributed by atoms with Crippen LogP contribution in [0.3, 0.4) is 0 Å². The van der Waals surface area contributed by atoms with Crippen molar-refractivity contribution in [2.75, 3.05) is 11.2 Å². The molecule has 0 radical (unpaired) electrons. The standard InChI is InChI=1S/C14H19ClN2O2/c1-11(18)17-13-7-5-12(6-8-13)10-16-14(19)4-2-3-9-15/h5-8H,2-4,9-10H2,1H3,(H,16,19)(H,17,18). The van der Waals surface area contributed by atoms with Gasteiger partial charge in [-0.1, -0.05) is 12.1 Å². The summed E-state index contributed by atoms with van der Waals surface area (Å²) in [5.74, 6) is 0.536. The van der Waals surface area contributed by atoms with Gasteiger partial charge in [0.25, 0.3) is 0 Å². The molecule has 0 saturated heterocycles. The van der Waals surface area contributed by atoms with Crippen molar-refractivity contribution in [2.45, 2.75) is 32.7 Å². The summed E-state index contributed by atoms with van der Waals surface area (Å²) in [5.41, 5.74) is 1.75. The molecule has 2 amide bonds. The lowest BCUT2D eigenvalue weighted by atomic mass is 10.2. The minimum atomic E-state index is -0.0969. The number of halogens is 1. The quantitative estimate of drug-likeness (QED) is 0.597. The Balaban J connectivity index is 2.33. The molecule has 0 bridgehead atoms. The number of hydrogen-bond donors (Lipinski definition) is 2. The van der Waals surface area contributed by atoms with Gasteiger partial charge in [-0.2, -0.15) is 0 Å². The van der Waals surface area contributed by atoms with Crippen LogP contribution in [0.5, 0.6) is 0 Å². The smallest absolute Gasteiger partial charge is 0.221 e. The largest absolute Gasteiger partial charge is 0.352 e. The zero-order valence-electron chi connectivity index (χ0n) is 11.0. The first-order chi connectivity index (χ1) is 9.11. The number of unbranched alkanes of at least 4 members (excludes halogenated alkanes) is 1. The van der Waals surface area contributed by atoms with E-state index >= 15 is 0 Å². The van der Waals surface area contributed by atoms with E-state index in [1.165, 1.54) is 6.92 Å². The molecule has 0 unspecified atom stereocenters. The van der Waals surface area contributed by atoms with Crippen LogP contribution in [0.25, 0.3) is 0 Å². The van der Waals surface area contributed by atoms with Crippen molar-refractivity contribution in [1.29, 1.82) is 0 Å². The van der Waals surface area contributed by atoms with Crippen LogP contribution >= 0.6 is 11.6 Å². The van der Waals surface area contributed by atoms with Crippen molar-refractivity contribution in [1.82, 2.24) is 5.32 Å². The molecule has 2 N–H and O–H groups in total. The summed E-state index contributed by atoms with van der Waals surface area (Å²) < 4.78 is 0. The van der Waals surface area contributed by atoms with Crippen molar-refractivity contribution in [3.63, 3.8) is 0 Å². The molecule has 0 spiro atoms. The highest BCUT2D eigenvalue weighted by atomic mass is 35.5. The van der Waals surface area contributed by atoms with Crippen LogP contribution < -0.4 is 10.6 Å². The van der Waals surface area contributed by atoms with E-state index in [1.54, 1.807) is 0 Å². The topological polar surface area (TPSA) is 58.2 Å². The first-order valence-electron chi connectivity index (χ1n) is 6.31. The number of nitrogens with one attached hydrogen (secondary N) is 2. The summed E-state index contributed by atoms with van der Waals surface area (Å²) in [6.07, 6.45) is 2.19. The highest BCUT2D eigenvalue weighted by Gasteiger charge is 2.01. The molecule has 1 aromatic carbocycles. The van der Waals surface area contributed by atoms with Gasteiger partial charge in [0.1, 0.15) is 0 Å². The number of carbonyl (C=O) groups excluding carboxylic acids is 2. The zero-order chi connectivity index (χ0) is 14.1. The number of benzene rings is 1. The molecule has 1 aromatic rings. The minimum Gasteiger partial charge on any atom is -0.352 e. The van der Waals surface area contributed by atoms with Crippen molar-refractivity contribution >= 4 is 29.1 Å². The number of rotatable bonds is 7. The fourth-order valence-corrected chi connectivity index (χ4v) is 1.77. The summed E-state index contributed by atoms with van der Waals surface area (Å²) in [6, 6.07) is 7.39. The zero-order valence-corrected chi connectivity index (χ0v) is 11.8. The van der Waals surface area contributed by atoms with E-state index < -0.39 is 0 Å². The Labute approximate surface area is 118 Å². The lowest BCUT2D eigenvalue weighted by Crippen LogP contribution is -2.22. The minimum absolute atomic E-state index is 0.0380. The fraction of sp³-hybridized carbons (Fsp3) is 0.429. The van der Waals surface area contributed by atoms with Crippen LogP contribution in [0.2, 0.25) is 0 Å². The fourth-order valence-electron chi connectivity index (χ4n) is 1.58.